The van der Waals surface area contributed by atoms with Crippen LogP contribution in [-0.4, -0.2) is 17.6 Å². The maximum absolute atomic E-state index is 6.92. The summed E-state index contributed by atoms with van der Waals surface area (Å²) in [6, 6.07) is 18.1. The third-order valence-electron chi connectivity index (χ3n) is 12.3. The van der Waals surface area contributed by atoms with Gasteiger partial charge in [-0.25, -0.2) is 11.3 Å². The summed E-state index contributed by atoms with van der Waals surface area (Å²) in [5, 5.41) is 4.77. The topological polar surface area (TPSA) is 44.5 Å². The van der Waals surface area contributed by atoms with Gasteiger partial charge in [0.1, 0.15) is 0 Å². The molecular weight excluding hydrogens is 452 g/mol. The maximum Gasteiger partial charge on any atom is 0.0597 e. The standard InChI is InChI=1S/C33H48N4/c1-29(2)24-15-7-10-18-27(24)37(33(6)22-14-13-21-32(29,33)5)35-23-30(3)25-16-8-9-17-26(25)36(34)31(4)20-12-11-19-28(30)31/h7-10,15-18,28,35H,11-14,19-23,34H2,1-6H3. The predicted molar refractivity (Wildman–Crippen MR) is 156 cm³/mol. The molecule has 2 heterocycles. The van der Waals surface area contributed by atoms with Gasteiger partial charge >= 0.3 is 0 Å². The van der Waals surface area contributed by atoms with E-state index >= 15 is 0 Å². The molecule has 2 aromatic carbocycles. The fraction of sp³-hybridized carbons (Fsp3) is 0.636. The Labute approximate surface area is 224 Å². The van der Waals surface area contributed by atoms with Crippen molar-refractivity contribution in [2.75, 3.05) is 16.6 Å². The van der Waals surface area contributed by atoms with Gasteiger partial charge in [0.05, 0.1) is 22.5 Å². The number of para-hydroxylation sites is 2. The van der Waals surface area contributed by atoms with E-state index in [-0.39, 0.29) is 27.3 Å². The lowest BCUT2D eigenvalue weighted by atomic mass is 9.47. The molecule has 4 nitrogen and oxygen atoms in total. The Hall–Kier alpha value is -2.04. The lowest BCUT2D eigenvalue weighted by Gasteiger charge is -2.67. The Morgan fingerprint density at radius 2 is 1.41 bits per heavy atom. The van der Waals surface area contributed by atoms with Crippen LogP contribution in [0.2, 0.25) is 0 Å². The highest BCUT2D eigenvalue weighted by Gasteiger charge is 2.62. The van der Waals surface area contributed by atoms with Crippen LogP contribution >= 0.6 is 0 Å². The molecule has 2 saturated carbocycles. The fourth-order valence-corrected chi connectivity index (χ4v) is 9.56. The second-order valence-electron chi connectivity index (χ2n) is 14.1. The zero-order valence-electron chi connectivity index (χ0n) is 24.0. The molecule has 2 fully saturated rings. The van der Waals surface area contributed by atoms with E-state index in [0.717, 1.165) is 13.0 Å². The van der Waals surface area contributed by atoms with E-state index in [2.05, 4.69) is 106 Å². The number of fused-ring (bicyclic) bond motifs is 4. The Balaban J connectivity index is 1.45. The van der Waals surface area contributed by atoms with Gasteiger partial charge in [-0.3, -0.25) is 0 Å². The maximum atomic E-state index is 6.92. The first kappa shape index (κ1) is 25.2. The van der Waals surface area contributed by atoms with Gasteiger partial charge in [0.2, 0.25) is 0 Å². The first-order valence-corrected chi connectivity index (χ1v) is 14.8. The van der Waals surface area contributed by atoms with E-state index in [1.54, 1.807) is 0 Å². The smallest absolute Gasteiger partial charge is 0.0597 e. The van der Waals surface area contributed by atoms with Gasteiger partial charge in [-0.1, -0.05) is 89.8 Å². The fourth-order valence-electron chi connectivity index (χ4n) is 9.56. The molecule has 0 bridgehead atoms. The minimum Gasteiger partial charge on any atom is -0.305 e. The molecule has 6 rings (SSSR count). The summed E-state index contributed by atoms with van der Waals surface area (Å²) in [5.74, 6) is 7.42. The zero-order chi connectivity index (χ0) is 26.3. The van der Waals surface area contributed by atoms with Crippen molar-refractivity contribution in [3.05, 3.63) is 59.7 Å². The van der Waals surface area contributed by atoms with Gasteiger partial charge in [-0.15, -0.1) is 0 Å². The number of nitrogens with zero attached hydrogens (tertiary/aromatic N) is 2. The number of nitrogens with two attached hydrogens (primary N) is 1. The van der Waals surface area contributed by atoms with Crippen LogP contribution in [0.5, 0.6) is 0 Å². The molecule has 200 valence electrons. The summed E-state index contributed by atoms with van der Waals surface area (Å²) in [6.07, 6.45) is 10.1. The summed E-state index contributed by atoms with van der Waals surface area (Å²) < 4.78 is 0. The molecule has 0 saturated heterocycles. The molecule has 2 aliphatic carbocycles. The summed E-state index contributed by atoms with van der Waals surface area (Å²) in [4.78, 5) is 0. The van der Waals surface area contributed by atoms with Crippen LogP contribution in [-0.2, 0) is 10.8 Å². The van der Waals surface area contributed by atoms with Crippen molar-refractivity contribution >= 4 is 11.4 Å². The molecule has 5 atom stereocenters. The van der Waals surface area contributed by atoms with E-state index in [9.17, 15) is 0 Å². The van der Waals surface area contributed by atoms with Crippen molar-refractivity contribution in [1.29, 1.82) is 0 Å². The molecule has 3 N–H and O–H groups in total. The molecule has 5 unspecified atom stereocenters. The Morgan fingerprint density at radius 1 is 0.784 bits per heavy atom. The van der Waals surface area contributed by atoms with Crippen molar-refractivity contribution in [3.63, 3.8) is 0 Å². The summed E-state index contributed by atoms with van der Waals surface area (Å²) >= 11 is 0. The number of rotatable bonds is 3. The van der Waals surface area contributed by atoms with Crippen molar-refractivity contribution in [1.82, 2.24) is 5.43 Å². The summed E-state index contributed by atoms with van der Waals surface area (Å²) in [5.41, 5.74) is 9.94. The summed E-state index contributed by atoms with van der Waals surface area (Å²) in [7, 11) is 0. The second-order valence-corrected chi connectivity index (χ2v) is 14.1. The molecule has 4 aliphatic rings. The highest BCUT2D eigenvalue weighted by Crippen LogP contribution is 2.63. The molecule has 0 radical (unpaired) electrons. The van der Waals surface area contributed by atoms with Crippen molar-refractivity contribution < 1.29 is 0 Å². The minimum atomic E-state index is -0.0198. The Kier molecular flexibility index (Phi) is 5.62. The molecule has 2 aromatic rings. The second kappa shape index (κ2) is 8.23. The molecular formula is C33H48N4. The number of hydrazine groups is 2. The molecule has 0 amide bonds. The number of benzene rings is 2. The quantitative estimate of drug-likeness (QED) is 0.436. The highest BCUT2D eigenvalue weighted by molar-refractivity contribution is 5.64. The number of hydrogen-bond acceptors (Lipinski definition) is 4. The van der Waals surface area contributed by atoms with Gasteiger partial charge in [0.25, 0.3) is 0 Å². The van der Waals surface area contributed by atoms with E-state index in [4.69, 9.17) is 5.84 Å². The lowest BCUT2D eigenvalue weighted by molar-refractivity contribution is -0.00573. The third kappa shape index (κ3) is 3.15. The molecule has 37 heavy (non-hydrogen) atoms. The first-order chi connectivity index (χ1) is 17.5. The van der Waals surface area contributed by atoms with Crippen LogP contribution in [0.3, 0.4) is 0 Å². The highest BCUT2D eigenvalue weighted by atomic mass is 15.6. The van der Waals surface area contributed by atoms with Crippen LogP contribution in [0, 0.1) is 11.3 Å². The normalized spacial score (nSPS) is 38.3. The monoisotopic (exact) mass is 500 g/mol. The summed E-state index contributed by atoms with van der Waals surface area (Å²) in [6.45, 7) is 16.0. The lowest BCUT2D eigenvalue weighted by Crippen LogP contribution is -2.73. The van der Waals surface area contributed by atoms with Crippen molar-refractivity contribution in [2.24, 2.45) is 17.2 Å². The molecule has 2 aliphatic heterocycles. The third-order valence-corrected chi connectivity index (χ3v) is 12.3. The van der Waals surface area contributed by atoms with E-state index < -0.39 is 0 Å². The van der Waals surface area contributed by atoms with Crippen LogP contribution in [0.15, 0.2) is 48.5 Å². The average molecular weight is 501 g/mol. The van der Waals surface area contributed by atoms with Crippen LogP contribution < -0.4 is 21.3 Å². The molecule has 4 heteroatoms. The predicted octanol–water partition coefficient (Wildman–Crippen LogP) is 7.23. The molecule has 0 aromatic heterocycles. The van der Waals surface area contributed by atoms with Gasteiger partial charge in [0, 0.05) is 17.4 Å². The first-order valence-electron chi connectivity index (χ1n) is 14.8. The van der Waals surface area contributed by atoms with E-state index in [0.29, 0.717) is 5.92 Å². The Bertz CT molecular complexity index is 1190. The van der Waals surface area contributed by atoms with Crippen LogP contribution in [0.25, 0.3) is 0 Å². The van der Waals surface area contributed by atoms with Gasteiger partial charge < -0.3 is 10.0 Å². The van der Waals surface area contributed by atoms with Gasteiger partial charge in [0.15, 0.2) is 0 Å². The average Bonchev–Trinajstić information content (AvgIpc) is 2.89. The van der Waals surface area contributed by atoms with Gasteiger partial charge in [-0.05, 0) is 74.1 Å². The van der Waals surface area contributed by atoms with E-state index in [1.165, 1.54) is 67.4 Å². The van der Waals surface area contributed by atoms with Crippen LogP contribution in [0.1, 0.15) is 104 Å². The number of nitrogens with one attached hydrogen (secondary N) is 1. The minimum absolute atomic E-state index is 0.00896. The Morgan fingerprint density at radius 3 is 2.16 bits per heavy atom. The van der Waals surface area contributed by atoms with E-state index in [1.807, 2.05) is 0 Å². The molecule has 0 spiro atoms. The largest absolute Gasteiger partial charge is 0.305 e. The zero-order valence-corrected chi connectivity index (χ0v) is 24.0. The number of anilines is 2. The van der Waals surface area contributed by atoms with Gasteiger partial charge in [-0.2, -0.15) is 0 Å². The van der Waals surface area contributed by atoms with Crippen molar-refractivity contribution in [3.8, 4) is 0 Å². The number of hydrogen-bond donors (Lipinski definition) is 2. The SMILES string of the molecule is CC1(CNN2c3ccccc3C(C)(C)C3(C)CCCCC23C)c2ccccc2N(N)C2(C)CCCCC12. The van der Waals surface area contributed by atoms with Crippen LogP contribution in [0.4, 0.5) is 11.4 Å². The van der Waals surface area contributed by atoms with Crippen molar-refractivity contribution in [2.45, 2.75) is 115 Å².